The van der Waals surface area contributed by atoms with Crippen molar-refractivity contribution in [2.24, 2.45) is 5.92 Å². The van der Waals surface area contributed by atoms with Crippen LogP contribution in [0, 0.1) is 5.92 Å². The second-order valence-electron chi connectivity index (χ2n) is 7.45. The van der Waals surface area contributed by atoms with Crippen molar-refractivity contribution in [3.05, 3.63) is 35.6 Å². The summed E-state index contributed by atoms with van der Waals surface area (Å²) in [6, 6.07) is 0. The Morgan fingerprint density at radius 3 is 2.76 bits per heavy atom. The zero-order chi connectivity index (χ0) is 16.1. The average Bonchev–Trinajstić information content (AvgIpc) is 3.31. The van der Waals surface area contributed by atoms with Gasteiger partial charge in [0.1, 0.15) is 0 Å². The molecule has 3 N–H and O–H groups in total. The van der Waals surface area contributed by atoms with Gasteiger partial charge < -0.3 is 15.8 Å². The molecule has 2 aliphatic heterocycles. The minimum atomic E-state index is 0. The van der Waals surface area contributed by atoms with Crippen molar-refractivity contribution in [1.82, 2.24) is 25.4 Å². The minimum Gasteiger partial charge on any atom is -0.381 e. The Labute approximate surface area is 148 Å². The van der Waals surface area contributed by atoms with E-state index in [2.05, 4.69) is 28.6 Å². The highest BCUT2D eigenvalue weighted by Gasteiger charge is 2.29. The summed E-state index contributed by atoms with van der Waals surface area (Å²) >= 11 is 0. The van der Waals surface area contributed by atoms with Crippen LogP contribution in [-0.4, -0.2) is 52.6 Å². The summed E-state index contributed by atoms with van der Waals surface area (Å²) in [6.45, 7) is 4.04. The largest absolute Gasteiger partial charge is 0.381 e. The Morgan fingerprint density at radius 1 is 1.16 bits per heavy atom. The maximum atomic E-state index is 5.55. The van der Waals surface area contributed by atoms with Crippen LogP contribution in [0.4, 0.5) is 0 Å². The highest BCUT2D eigenvalue weighted by molar-refractivity contribution is 5.73. The topological polar surface area (TPSA) is 77.7 Å². The fourth-order valence-corrected chi connectivity index (χ4v) is 4.52. The average molecular weight is 341 g/mol. The van der Waals surface area contributed by atoms with Crippen molar-refractivity contribution in [1.29, 1.82) is 0 Å². The first kappa shape index (κ1) is 16.7. The van der Waals surface area contributed by atoms with Gasteiger partial charge in [0.05, 0.1) is 23.3 Å². The maximum absolute atomic E-state index is 5.55. The Hall–Kier alpha value is -1.76. The van der Waals surface area contributed by atoms with Crippen LogP contribution >= 0.6 is 0 Å². The Bertz CT molecular complexity index is 805. The van der Waals surface area contributed by atoms with Crippen LogP contribution in [0.2, 0.25) is 0 Å². The van der Waals surface area contributed by atoms with Crippen molar-refractivity contribution < 1.29 is 4.74 Å². The molecule has 6 heteroatoms. The molecular formula is C19H27N5O. The predicted molar refractivity (Wildman–Crippen MR) is 98.1 cm³/mol. The summed E-state index contributed by atoms with van der Waals surface area (Å²) in [5.41, 5.74) is 6.21. The zero-order valence-electron chi connectivity index (χ0n) is 14.9. The standard InChI is InChI=1S/C19H24N4O.H3N/c1-22-7-4-14(11-22)17-12-23-18(21-17)10-20-16-3-2-15(19(16)23)13-5-8-24-9-6-13;/h2,10,12-14H,3-9,11H2,1H3;1H3. The number of fused-ring (bicyclic) bond motifs is 3. The molecule has 0 spiro atoms. The van der Waals surface area contributed by atoms with E-state index in [0.717, 1.165) is 44.7 Å². The number of likely N-dealkylation sites (N-methyl/N-ethyl adjacent to an activating group) is 1. The summed E-state index contributed by atoms with van der Waals surface area (Å²) in [4.78, 5) is 12.0. The van der Waals surface area contributed by atoms with Crippen molar-refractivity contribution in [2.45, 2.75) is 31.6 Å². The molecule has 3 aliphatic rings. The summed E-state index contributed by atoms with van der Waals surface area (Å²) in [6.07, 6.45) is 11.0. The molecule has 0 amide bonds. The van der Waals surface area contributed by atoms with Crippen molar-refractivity contribution in [2.75, 3.05) is 33.4 Å². The van der Waals surface area contributed by atoms with Gasteiger partial charge in [-0.25, -0.2) is 4.98 Å². The molecular weight excluding hydrogens is 314 g/mol. The van der Waals surface area contributed by atoms with E-state index in [0.29, 0.717) is 11.8 Å². The quantitative estimate of drug-likeness (QED) is 0.908. The molecule has 0 bridgehead atoms. The highest BCUT2D eigenvalue weighted by atomic mass is 16.5. The molecule has 0 saturated carbocycles. The van der Waals surface area contributed by atoms with Crippen LogP contribution < -0.4 is 6.15 Å². The van der Waals surface area contributed by atoms with Gasteiger partial charge in [-0.3, -0.25) is 9.38 Å². The summed E-state index contributed by atoms with van der Waals surface area (Å²) in [5, 5.41) is 0. The summed E-state index contributed by atoms with van der Waals surface area (Å²) < 4.78 is 7.86. The first-order valence-corrected chi connectivity index (χ1v) is 9.13. The molecule has 2 fully saturated rings. The molecule has 2 aromatic rings. The number of likely N-dealkylation sites (tertiary alicyclic amines) is 1. The van der Waals surface area contributed by atoms with E-state index >= 15 is 0 Å². The number of hydrogen-bond acceptors (Lipinski definition) is 5. The van der Waals surface area contributed by atoms with Gasteiger partial charge in [0.25, 0.3) is 0 Å². The minimum absolute atomic E-state index is 0. The molecule has 25 heavy (non-hydrogen) atoms. The third-order valence-corrected chi connectivity index (χ3v) is 5.86. The number of ether oxygens (including phenoxy) is 1. The van der Waals surface area contributed by atoms with Gasteiger partial charge in [-0.1, -0.05) is 6.08 Å². The number of aromatic nitrogens is 3. The Balaban J connectivity index is 0.00000157. The van der Waals surface area contributed by atoms with Gasteiger partial charge in [-0.15, -0.1) is 0 Å². The van der Waals surface area contributed by atoms with E-state index < -0.39 is 0 Å². The molecule has 1 atom stereocenters. The molecule has 0 aromatic carbocycles. The number of imidazole rings is 1. The molecule has 1 unspecified atom stereocenters. The lowest BCUT2D eigenvalue weighted by Crippen LogP contribution is -2.17. The van der Waals surface area contributed by atoms with Crippen LogP contribution in [-0.2, 0) is 11.2 Å². The van der Waals surface area contributed by atoms with Gasteiger partial charge in [-0.05, 0) is 44.3 Å². The van der Waals surface area contributed by atoms with Gasteiger partial charge >= 0.3 is 0 Å². The molecule has 1 aliphatic carbocycles. The van der Waals surface area contributed by atoms with Crippen molar-refractivity contribution >= 4 is 11.2 Å². The predicted octanol–water partition coefficient (Wildman–Crippen LogP) is 2.68. The van der Waals surface area contributed by atoms with E-state index in [4.69, 9.17) is 14.7 Å². The van der Waals surface area contributed by atoms with E-state index in [1.165, 1.54) is 35.6 Å². The van der Waals surface area contributed by atoms with Crippen molar-refractivity contribution in [3.8, 4) is 0 Å². The number of nitrogens with zero attached hydrogens (tertiary/aromatic N) is 4. The third kappa shape index (κ3) is 2.78. The van der Waals surface area contributed by atoms with Crippen LogP contribution in [0.15, 0.2) is 18.5 Å². The monoisotopic (exact) mass is 341 g/mol. The number of allylic oxidation sites excluding steroid dienone is 2. The van der Waals surface area contributed by atoms with Crippen LogP contribution in [0.1, 0.15) is 42.3 Å². The van der Waals surface area contributed by atoms with E-state index in [1.54, 1.807) is 0 Å². The smallest absolute Gasteiger partial charge is 0.156 e. The first-order chi connectivity index (χ1) is 11.8. The molecule has 0 radical (unpaired) electrons. The summed E-state index contributed by atoms with van der Waals surface area (Å²) in [5.74, 6) is 1.17. The molecule has 134 valence electrons. The lowest BCUT2D eigenvalue weighted by atomic mass is 9.90. The van der Waals surface area contributed by atoms with Crippen LogP contribution in [0.3, 0.4) is 0 Å². The Morgan fingerprint density at radius 2 is 2.00 bits per heavy atom. The maximum Gasteiger partial charge on any atom is 0.156 e. The first-order valence-electron chi connectivity index (χ1n) is 9.13. The summed E-state index contributed by atoms with van der Waals surface area (Å²) in [7, 11) is 2.20. The lowest BCUT2D eigenvalue weighted by Gasteiger charge is -2.24. The normalized spacial score (nSPS) is 24.4. The van der Waals surface area contributed by atoms with Gasteiger partial charge in [0.15, 0.2) is 5.65 Å². The van der Waals surface area contributed by atoms with Crippen LogP contribution in [0.25, 0.3) is 11.2 Å². The molecule has 5 rings (SSSR count). The van der Waals surface area contributed by atoms with Crippen molar-refractivity contribution in [3.63, 3.8) is 0 Å². The third-order valence-electron chi connectivity index (χ3n) is 5.86. The van der Waals surface area contributed by atoms with Gasteiger partial charge in [-0.2, -0.15) is 0 Å². The second-order valence-corrected chi connectivity index (χ2v) is 7.45. The van der Waals surface area contributed by atoms with Gasteiger partial charge in [0, 0.05) is 38.3 Å². The highest BCUT2D eigenvalue weighted by Crippen LogP contribution is 2.37. The molecule has 2 aromatic heterocycles. The van der Waals surface area contributed by atoms with E-state index in [1.807, 2.05) is 6.20 Å². The lowest BCUT2D eigenvalue weighted by molar-refractivity contribution is 0.0807. The molecule has 4 heterocycles. The fraction of sp³-hybridized carbons (Fsp3) is 0.579. The molecule has 6 nitrogen and oxygen atoms in total. The number of hydrogen-bond donors (Lipinski definition) is 1. The zero-order valence-corrected chi connectivity index (χ0v) is 14.9. The SMILES string of the molecule is CN1CCC(c2cn3c4c(ncc3n2)CC=C4C2CCOCC2)C1.N. The fourth-order valence-electron chi connectivity index (χ4n) is 4.52. The number of rotatable bonds is 2. The van der Waals surface area contributed by atoms with E-state index in [9.17, 15) is 0 Å². The molecule has 2 saturated heterocycles. The van der Waals surface area contributed by atoms with E-state index in [-0.39, 0.29) is 6.15 Å². The van der Waals surface area contributed by atoms with Crippen LogP contribution in [0.5, 0.6) is 0 Å². The Kier molecular flexibility index (Phi) is 4.35. The second kappa shape index (κ2) is 6.52. The van der Waals surface area contributed by atoms with Gasteiger partial charge in [0.2, 0.25) is 0 Å².